The van der Waals surface area contributed by atoms with Crippen molar-refractivity contribution < 1.29 is 4.79 Å². The van der Waals surface area contributed by atoms with Gasteiger partial charge in [-0.3, -0.25) is 10.1 Å². The van der Waals surface area contributed by atoms with E-state index < -0.39 is 0 Å². The summed E-state index contributed by atoms with van der Waals surface area (Å²) in [5.74, 6) is 0.150. The highest BCUT2D eigenvalue weighted by Gasteiger charge is 2.21. The lowest BCUT2D eigenvalue weighted by Gasteiger charge is -2.11. The summed E-state index contributed by atoms with van der Waals surface area (Å²) in [7, 11) is 0. The Morgan fingerprint density at radius 3 is 2.52 bits per heavy atom. The van der Waals surface area contributed by atoms with Crippen LogP contribution in [-0.4, -0.2) is 36.5 Å². The lowest BCUT2D eigenvalue weighted by Crippen LogP contribution is -2.24. The van der Waals surface area contributed by atoms with Crippen LogP contribution in [0.1, 0.15) is 38.1 Å². The zero-order valence-electron chi connectivity index (χ0n) is 15.3. The molecule has 3 rings (SSSR count). The number of benzene rings is 1. The highest BCUT2D eigenvalue weighted by molar-refractivity contribution is 8.00. The van der Waals surface area contributed by atoms with Gasteiger partial charge in [0.15, 0.2) is 0 Å². The number of aromatic nitrogens is 5. The van der Waals surface area contributed by atoms with E-state index in [2.05, 4.69) is 30.7 Å². The summed E-state index contributed by atoms with van der Waals surface area (Å²) in [5.41, 5.74) is 1.66. The molecule has 1 aromatic carbocycles. The summed E-state index contributed by atoms with van der Waals surface area (Å²) in [6, 6.07) is 9.73. The van der Waals surface area contributed by atoms with Crippen molar-refractivity contribution in [1.29, 1.82) is 0 Å². The largest absolute Gasteiger partial charge is 0.300 e. The minimum absolute atomic E-state index is 0.135. The third-order valence-electron chi connectivity index (χ3n) is 3.69. The van der Waals surface area contributed by atoms with E-state index in [4.69, 9.17) is 0 Å². The third-order valence-corrected chi connectivity index (χ3v) is 6.05. The van der Waals surface area contributed by atoms with Crippen molar-refractivity contribution in [1.82, 2.24) is 25.4 Å². The van der Waals surface area contributed by atoms with Crippen LogP contribution >= 0.6 is 23.1 Å². The summed E-state index contributed by atoms with van der Waals surface area (Å²) in [6.45, 7) is 6.03. The summed E-state index contributed by atoms with van der Waals surface area (Å²) in [6.07, 6.45) is 2.31. The number of carbonyl (C=O) groups is 1. The summed E-state index contributed by atoms with van der Waals surface area (Å²) in [4.78, 5) is 16.9. The Balaban J connectivity index is 1.64. The number of amides is 1. The van der Waals surface area contributed by atoms with Crippen molar-refractivity contribution in [2.24, 2.45) is 0 Å². The van der Waals surface area contributed by atoms with Gasteiger partial charge in [-0.25, -0.2) is 4.98 Å². The van der Waals surface area contributed by atoms with E-state index in [0.29, 0.717) is 22.4 Å². The molecule has 1 amide bonds. The lowest BCUT2D eigenvalue weighted by atomic mass is 10.2. The van der Waals surface area contributed by atoms with Gasteiger partial charge in [0.2, 0.25) is 16.2 Å². The zero-order valence-corrected chi connectivity index (χ0v) is 16.9. The molecular weight excluding hydrogens is 380 g/mol. The molecular formula is C18H20N6OS2. The first kappa shape index (κ1) is 19.4. The van der Waals surface area contributed by atoms with Gasteiger partial charge < -0.3 is 0 Å². The number of hydrogen-bond donors (Lipinski definition) is 1. The molecule has 0 aliphatic carbocycles. The maximum atomic E-state index is 12.5. The van der Waals surface area contributed by atoms with Crippen LogP contribution in [0.15, 0.2) is 41.7 Å². The van der Waals surface area contributed by atoms with Gasteiger partial charge in [0.05, 0.1) is 11.4 Å². The smallest absolute Gasteiger partial charge is 0.239 e. The molecule has 0 aliphatic rings. The number of anilines is 1. The van der Waals surface area contributed by atoms with Crippen LogP contribution in [-0.2, 0) is 4.79 Å². The molecule has 0 spiro atoms. The fraction of sp³-hybridized carbons (Fsp3) is 0.333. The Morgan fingerprint density at radius 2 is 1.93 bits per heavy atom. The second-order valence-electron chi connectivity index (χ2n) is 6.10. The molecule has 1 N–H and O–H groups in total. The Kier molecular flexibility index (Phi) is 6.46. The van der Waals surface area contributed by atoms with Crippen LogP contribution in [0, 0.1) is 0 Å². The fourth-order valence-corrected chi connectivity index (χ4v) is 3.75. The van der Waals surface area contributed by atoms with E-state index in [1.807, 2.05) is 51.1 Å². The highest BCUT2D eigenvalue weighted by atomic mass is 32.2. The lowest BCUT2D eigenvalue weighted by molar-refractivity contribution is -0.115. The van der Waals surface area contributed by atoms with Crippen molar-refractivity contribution in [3.8, 4) is 11.3 Å². The molecule has 7 nitrogen and oxygen atoms in total. The number of carbonyl (C=O) groups excluding carboxylic acids is 1. The van der Waals surface area contributed by atoms with E-state index in [-0.39, 0.29) is 17.1 Å². The number of nitrogens with one attached hydrogen (secondary N) is 1. The van der Waals surface area contributed by atoms with Crippen molar-refractivity contribution in [2.75, 3.05) is 5.32 Å². The normalized spacial score (nSPS) is 12.1. The van der Waals surface area contributed by atoms with Crippen LogP contribution in [0.5, 0.6) is 0 Å². The molecule has 0 saturated heterocycles. The van der Waals surface area contributed by atoms with E-state index in [9.17, 15) is 4.79 Å². The van der Waals surface area contributed by atoms with Crippen LogP contribution in [0.4, 0.5) is 5.13 Å². The second-order valence-corrected chi connectivity index (χ2v) is 8.28. The van der Waals surface area contributed by atoms with E-state index in [1.54, 1.807) is 6.20 Å². The Hall–Kier alpha value is -2.39. The molecule has 0 aliphatic heterocycles. The topological polar surface area (TPSA) is 93.5 Å². The minimum Gasteiger partial charge on any atom is -0.300 e. The van der Waals surface area contributed by atoms with Crippen molar-refractivity contribution in [3.05, 3.63) is 41.5 Å². The van der Waals surface area contributed by atoms with Crippen LogP contribution < -0.4 is 5.32 Å². The second kappa shape index (κ2) is 9.01. The van der Waals surface area contributed by atoms with Gasteiger partial charge in [0.25, 0.3) is 0 Å². The summed E-state index contributed by atoms with van der Waals surface area (Å²) >= 11 is 2.69. The number of rotatable bonds is 7. The Morgan fingerprint density at radius 1 is 1.15 bits per heavy atom. The van der Waals surface area contributed by atoms with E-state index in [1.165, 1.54) is 23.1 Å². The predicted molar refractivity (Wildman–Crippen MR) is 108 cm³/mol. The van der Waals surface area contributed by atoms with Crippen molar-refractivity contribution in [3.63, 3.8) is 0 Å². The molecule has 140 valence electrons. The molecule has 0 bridgehead atoms. The molecule has 2 heterocycles. The number of nitrogens with zero attached hydrogens (tertiary/aromatic N) is 5. The molecule has 0 radical (unpaired) electrons. The van der Waals surface area contributed by atoms with Crippen LogP contribution in [0.25, 0.3) is 11.3 Å². The average Bonchev–Trinajstić information content (AvgIpc) is 3.16. The first-order chi connectivity index (χ1) is 13.1. The van der Waals surface area contributed by atoms with Gasteiger partial charge in [0, 0.05) is 11.5 Å². The number of thioether (sulfide) groups is 1. The standard InChI is InChI=1S/C18H20N6OS2/c1-4-14(15(25)20-18-24-22-16(27-18)11(2)3)26-17-19-10-13(21-23-17)12-8-6-5-7-9-12/h5-11,14H,4H2,1-3H3,(H,20,24,25)/t14-/m1/s1. The molecule has 3 aromatic rings. The van der Waals surface area contributed by atoms with Gasteiger partial charge >= 0.3 is 0 Å². The Bertz CT molecular complexity index is 882. The quantitative estimate of drug-likeness (QED) is 0.599. The molecule has 0 fully saturated rings. The van der Waals surface area contributed by atoms with Gasteiger partial charge in [-0.2, -0.15) is 0 Å². The number of hydrogen-bond acceptors (Lipinski definition) is 8. The SMILES string of the molecule is CC[C@@H](Sc1ncc(-c2ccccc2)nn1)C(=O)Nc1nnc(C(C)C)s1. The molecule has 9 heteroatoms. The maximum Gasteiger partial charge on any atom is 0.239 e. The third kappa shape index (κ3) is 5.08. The molecule has 0 unspecified atom stereocenters. The molecule has 0 saturated carbocycles. The van der Waals surface area contributed by atoms with E-state index in [0.717, 1.165) is 10.6 Å². The first-order valence-electron chi connectivity index (χ1n) is 8.63. The van der Waals surface area contributed by atoms with Crippen LogP contribution in [0.2, 0.25) is 0 Å². The van der Waals surface area contributed by atoms with Gasteiger partial charge in [-0.05, 0) is 6.42 Å². The van der Waals surface area contributed by atoms with Gasteiger partial charge in [-0.15, -0.1) is 20.4 Å². The van der Waals surface area contributed by atoms with Gasteiger partial charge in [-0.1, -0.05) is 74.2 Å². The molecule has 2 aromatic heterocycles. The van der Waals surface area contributed by atoms with Gasteiger partial charge in [0.1, 0.15) is 10.7 Å². The molecule has 27 heavy (non-hydrogen) atoms. The van der Waals surface area contributed by atoms with Crippen molar-refractivity contribution in [2.45, 2.75) is 43.5 Å². The van der Waals surface area contributed by atoms with E-state index >= 15 is 0 Å². The fourth-order valence-electron chi connectivity index (χ4n) is 2.21. The highest BCUT2D eigenvalue weighted by Crippen LogP contribution is 2.26. The summed E-state index contributed by atoms with van der Waals surface area (Å²) < 4.78 is 0. The Labute approximate surface area is 166 Å². The summed E-state index contributed by atoms with van der Waals surface area (Å²) in [5, 5.41) is 20.9. The molecule has 1 atom stereocenters. The minimum atomic E-state index is -0.333. The first-order valence-corrected chi connectivity index (χ1v) is 10.3. The zero-order chi connectivity index (χ0) is 19.2. The van der Waals surface area contributed by atoms with Crippen LogP contribution in [0.3, 0.4) is 0 Å². The average molecular weight is 401 g/mol. The monoisotopic (exact) mass is 400 g/mol. The predicted octanol–water partition coefficient (Wildman–Crippen LogP) is 4.02. The van der Waals surface area contributed by atoms with Crippen molar-refractivity contribution >= 4 is 34.1 Å². The maximum absolute atomic E-state index is 12.5.